The molecule has 0 bridgehead atoms. The van der Waals surface area contributed by atoms with E-state index in [9.17, 15) is 0 Å². The second-order valence-electron chi connectivity index (χ2n) is 4.32. The Hall–Kier alpha value is -2.07. The Balaban J connectivity index is 1.84. The second kappa shape index (κ2) is 5.28. The van der Waals surface area contributed by atoms with Crippen molar-refractivity contribution in [2.24, 2.45) is 7.05 Å². The molecule has 0 atom stereocenters. The Kier molecular flexibility index (Phi) is 3.33. The van der Waals surface area contributed by atoms with Crippen molar-refractivity contribution in [1.82, 2.24) is 9.78 Å². The molecule has 0 aliphatic carbocycles. The molecule has 19 heavy (non-hydrogen) atoms. The molecule has 0 amide bonds. The van der Waals surface area contributed by atoms with E-state index in [-0.39, 0.29) is 0 Å². The van der Waals surface area contributed by atoms with Crippen LogP contribution < -0.4 is 5.32 Å². The van der Waals surface area contributed by atoms with Crippen LogP contribution in [0.2, 0.25) is 0 Å². The minimum atomic E-state index is 0.777. The molecule has 2 heterocycles. The minimum absolute atomic E-state index is 0.777. The predicted molar refractivity (Wildman–Crippen MR) is 80.3 cm³/mol. The minimum Gasteiger partial charge on any atom is -0.379 e. The molecule has 1 aromatic carbocycles. The molecule has 3 aromatic rings. The highest BCUT2D eigenvalue weighted by Crippen LogP contribution is 2.31. The predicted octanol–water partition coefficient (Wildman–Crippen LogP) is 3.76. The first-order chi connectivity index (χ1) is 9.34. The monoisotopic (exact) mass is 269 g/mol. The molecular weight excluding hydrogens is 254 g/mol. The van der Waals surface area contributed by atoms with E-state index in [4.69, 9.17) is 0 Å². The Morgan fingerprint density at radius 3 is 2.79 bits per heavy atom. The third-order valence-electron chi connectivity index (χ3n) is 3.10. The molecule has 0 fully saturated rings. The van der Waals surface area contributed by atoms with E-state index in [1.54, 1.807) is 11.3 Å². The summed E-state index contributed by atoms with van der Waals surface area (Å²) in [5.41, 5.74) is 3.58. The van der Waals surface area contributed by atoms with Gasteiger partial charge >= 0.3 is 0 Å². The zero-order valence-electron chi connectivity index (χ0n) is 10.7. The number of nitrogens with zero attached hydrogens (tertiary/aromatic N) is 2. The maximum atomic E-state index is 4.18. The lowest BCUT2D eigenvalue weighted by Gasteiger charge is -2.11. The van der Waals surface area contributed by atoms with Crippen LogP contribution in [0.4, 0.5) is 5.69 Å². The van der Waals surface area contributed by atoms with Gasteiger partial charge in [-0.2, -0.15) is 5.10 Å². The standard InChI is InChI=1S/C15H15N3S/c1-18-12(8-9-17-18)11-16-14-6-3-2-5-13(14)15-7-4-10-19-15/h2-10,16H,11H2,1H3. The van der Waals surface area contributed by atoms with Gasteiger partial charge in [0, 0.05) is 29.4 Å². The second-order valence-corrected chi connectivity index (χ2v) is 5.27. The van der Waals surface area contributed by atoms with Gasteiger partial charge in [-0.1, -0.05) is 24.3 Å². The maximum absolute atomic E-state index is 4.18. The van der Waals surface area contributed by atoms with Crippen LogP contribution in [0, 0.1) is 0 Å². The van der Waals surface area contributed by atoms with E-state index in [0.29, 0.717) is 0 Å². The summed E-state index contributed by atoms with van der Waals surface area (Å²) in [5, 5.41) is 9.77. The van der Waals surface area contributed by atoms with Gasteiger partial charge in [0.15, 0.2) is 0 Å². The van der Waals surface area contributed by atoms with E-state index < -0.39 is 0 Å². The number of hydrogen-bond acceptors (Lipinski definition) is 3. The summed E-state index contributed by atoms with van der Waals surface area (Å²) >= 11 is 1.76. The summed E-state index contributed by atoms with van der Waals surface area (Å²) in [6.45, 7) is 0.777. The van der Waals surface area contributed by atoms with Crippen LogP contribution in [-0.4, -0.2) is 9.78 Å². The van der Waals surface area contributed by atoms with Gasteiger partial charge in [0.2, 0.25) is 0 Å². The quantitative estimate of drug-likeness (QED) is 0.781. The number of thiophene rings is 1. The lowest BCUT2D eigenvalue weighted by molar-refractivity contribution is 0.720. The van der Waals surface area contributed by atoms with Crippen molar-refractivity contribution in [2.75, 3.05) is 5.32 Å². The number of hydrogen-bond donors (Lipinski definition) is 1. The molecule has 96 valence electrons. The highest BCUT2D eigenvalue weighted by Gasteiger charge is 2.05. The van der Waals surface area contributed by atoms with Gasteiger partial charge in [-0.3, -0.25) is 4.68 Å². The summed E-state index contributed by atoms with van der Waals surface area (Å²) in [4.78, 5) is 1.29. The van der Waals surface area contributed by atoms with E-state index >= 15 is 0 Å². The van der Waals surface area contributed by atoms with Crippen molar-refractivity contribution in [3.63, 3.8) is 0 Å². The van der Waals surface area contributed by atoms with E-state index in [0.717, 1.165) is 12.2 Å². The summed E-state index contributed by atoms with van der Waals surface area (Å²) in [6, 6.07) is 14.7. The van der Waals surface area contributed by atoms with E-state index in [2.05, 4.69) is 52.2 Å². The van der Waals surface area contributed by atoms with E-state index in [1.807, 2.05) is 24.0 Å². The highest BCUT2D eigenvalue weighted by molar-refractivity contribution is 7.13. The highest BCUT2D eigenvalue weighted by atomic mass is 32.1. The fourth-order valence-corrected chi connectivity index (χ4v) is 2.81. The van der Waals surface area contributed by atoms with Crippen molar-refractivity contribution < 1.29 is 0 Å². The Morgan fingerprint density at radius 2 is 2.05 bits per heavy atom. The lowest BCUT2D eigenvalue weighted by Crippen LogP contribution is -2.05. The molecule has 4 heteroatoms. The molecule has 0 radical (unpaired) electrons. The third kappa shape index (κ3) is 2.53. The van der Waals surface area contributed by atoms with Gasteiger partial charge in [0.05, 0.1) is 12.2 Å². The van der Waals surface area contributed by atoms with Crippen LogP contribution in [-0.2, 0) is 13.6 Å². The number of aryl methyl sites for hydroxylation is 1. The molecule has 0 unspecified atom stereocenters. The summed E-state index contributed by atoms with van der Waals surface area (Å²) in [7, 11) is 1.96. The normalized spacial score (nSPS) is 10.6. The Morgan fingerprint density at radius 1 is 1.16 bits per heavy atom. The first-order valence-electron chi connectivity index (χ1n) is 6.18. The average molecular weight is 269 g/mol. The van der Waals surface area contributed by atoms with Crippen LogP contribution in [0.5, 0.6) is 0 Å². The smallest absolute Gasteiger partial charge is 0.0571 e. The molecule has 3 rings (SSSR count). The number of aromatic nitrogens is 2. The van der Waals surface area contributed by atoms with Gasteiger partial charge in [-0.05, 0) is 23.6 Å². The Labute approximate surface area is 116 Å². The molecule has 0 aliphatic heterocycles. The van der Waals surface area contributed by atoms with Crippen molar-refractivity contribution in [2.45, 2.75) is 6.54 Å². The number of benzene rings is 1. The fraction of sp³-hybridized carbons (Fsp3) is 0.133. The summed E-state index contributed by atoms with van der Waals surface area (Å²) in [6.07, 6.45) is 1.82. The fourth-order valence-electron chi connectivity index (χ4n) is 2.04. The van der Waals surface area contributed by atoms with E-state index in [1.165, 1.54) is 16.1 Å². The third-order valence-corrected chi connectivity index (χ3v) is 4.00. The van der Waals surface area contributed by atoms with Gasteiger partial charge < -0.3 is 5.32 Å². The maximum Gasteiger partial charge on any atom is 0.0571 e. The average Bonchev–Trinajstić information content (AvgIpc) is 3.08. The molecular formula is C15H15N3S. The van der Waals surface area contributed by atoms with Crippen LogP contribution >= 0.6 is 11.3 Å². The largest absolute Gasteiger partial charge is 0.379 e. The number of nitrogens with one attached hydrogen (secondary N) is 1. The lowest BCUT2D eigenvalue weighted by atomic mass is 10.1. The van der Waals surface area contributed by atoms with Gasteiger partial charge in [0.25, 0.3) is 0 Å². The molecule has 0 saturated heterocycles. The van der Waals surface area contributed by atoms with Crippen molar-refractivity contribution in [3.05, 3.63) is 59.7 Å². The van der Waals surface area contributed by atoms with Crippen molar-refractivity contribution in [1.29, 1.82) is 0 Å². The molecule has 3 nitrogen and oxygen atoms in total. The van der Waals surface area contributed by atoms with Gasteiger partial charge in [-0.25, -0.2) is 0 Å². The molecule has 0 spiro atoms. The summed E-state index contributed by atoms with van der Waals surface area (Å²) < 4.78 is 1.89. The number of para-hydroxylation sites is 1. The van der Waals surface area contributed by atoms with Gasteiger partial charge in [-0.15, -0.1) is 11.3 Å². The molecule has 2 aromatic heterocycles. The first-order valence-corrected chi connectivity index (χ1v) is 7.06. The van der Waals surface area contributed by atoms with Crippen LogP contribution in [0.15, 0.2) is 54.0 Å². The van der Waals surface area contributed by atoms with Crippen molar-refractivity contribution in [3.8, 4) is 10.4 Å². The van der Waals surface area contributed by atoms with Crippen molar-refractivity contribution >= 4 is 17.0 Å². The number of anilines is 1. The molecule has 0 saturated carbocycles. The van der Waals surface area contributed by atoms with Crippen LogP contribution in [0.1, 0.15) is 5.69 Å². The summed E-state index contributed by atoms with van der Waals surface area (Å²) in [5.74, 6) is 0. The zero-order chi connectivity index (χ0) is 13.1. The first kappa shape index (κ1) is 12.0. The van der Waals surface area contributed by atoms with Crippen LogP contribution in [0.25, 0.3) is 10.4 Å². The van der Waals surface area contributed by atoms with Crippen LogP contribution in [0.3, 0.4) is 0 Å². The zero-order valence-corrected chi connectivity index (χ0v) is 11.5. The SMILES string of the molecule is Cn1nccc1CNc1ccccc1-c1cccs1. The Bertz CT molecular complexity index is 656. The number of rotatable bonds is 4. The van der Waals surface area contributed by atoms with Gasteiger partial charge in [0.1, 0.15) is 0 Å². The topological polar surface area (TPSA) is 29.9 Å². The molecule has 1 N–H and O–H groups in total. The molecule has 0 aliphatic rings.